The Balaban J connectivity index is 0. The second-order valence-corrected chi connectivity index (χ2v) is 2.12. The van der Waals surface area contributed by atoms with Gasteiger partial charge in [0.2, 0.25) is 0 Å². The minimum Gasteiger partial charge on any atom is -0.0864 e. The van der Waals surface area contributed by atoms with E-state index in [1.54, 1.807) is 0 Å². The minimum atomic E-state index is 0. The summed E-state index contributed by atoms with van der Waals surface area (Å²) in [6, 6.07) is 0. The molecule has 2 heteroatoms. The highest BCUT2D eigenvalue weighted by molar-refractivity contribution is 14.1. The van der Waals surface area contributed by atoms with Crippen LogP contribution in [0, 0.1) is 0 Å². The van der Waals surface area contributed by atoms with E-state index in [2.05, 4.69) is 29.5 Å². The number of halogens is 1. The van der Waals surface area contributed by atoms with Gasteiger partial charge in [-0.15, -0.1) is 0 Å². The molecule has 0 fully saturated rings. The van der Waals surface area contributed by atoms with Crippen LogP contribution >= 0.6 is 22.6 Å². The molecule has 0 aromatic heterocycles. The highest BCUT2D eigenvalue weighted by atomic mass is 127. The topological polar surface area (TPSA) is 0 Å². The molecule has 0 bridgehead atoms. The van der Waals surface area contributed by atoms with Crippen LogP contribution in [0.25, 0.3) is 0 Å². The zero-order chi connectivity index (χ0) is 4.12. The molecule has 0 amide bonds. The standard InChI is InChI=1S/C4H9I.Al.3H/c1-2-3-4-5;;;;/h2-4H2,1H3;;;;. The lowest BCUT2D eigenvalue weighted by Crippen LogP contribution is -1.64. The molecule has 6 heavy (non-hydrogen) atoms. The van der Waals surface area contributed by atoms with Gasteiger partial charge in [-0.1, -0.05) is 35.9 Å². The molecule has 0 spiro atoms. The van der Waals surface area contributed by atoms with Gasteiger partial charge in [-0.3, -0.25) is 0 Å². The van der Waals surface area contributed by atoms with Crippen molar-refractivity contribution in [3.63, 3.8) is 0 Å². The van der Waals surface area contributed by atoms with Crippen LogP contribution in [0.5, 0.6) is 0 Å². The number of unbranched alkanes of at least 4 members (excludes halogenated alkanes) is 1. The molecule has 0 saturated heterocycles. The van der Waals surface area contributed by atoms with E-state index in [9.17, 15) is 0 Å². The van der Waals surface area contributed by atoms with Crippen molar-refractivity contribution in [1.82, 2.24) is 0 Å². The van der Waals surface area contributed by atoms with E-state index >= 15 is 0 Å². The quantitative estimate of drug-likeness (QED) is 0.366. The maximum Gasteiger partial charge on any atom is 0.187 e. The summed E-state index contributed by atoms with van der Waals surface area (Å²) in [5.41, 5.74) is 0. The van der Waals surface area contributed by atoms with Crippen molar-refractivity contribution in [3.8, 4) is 0 Å². The van der Waals surface area contributed by atoms with Crippen molar-refractivity contribution in [3.05, 3.63) is 0 Å². The van der Waals surface area contributed by atoms with Crippen LogP contribution in [0.1, 0.15) is 19.8 Å². The summed E-state index contributed by atoms with van der Waals surface area (Å²) in [6.07, 6.45) is 2.71. The molecule has 0 aliphatic carbocycles. The van der Waals surface area contributed by atoms with Crippen LogP contribution in [0.2, 0.25) is 0 Å². The van der Waals surface area contributed by atoms with E-state index in [0.717, 1.165) is 0 Å². The van der Waals surface area contributed by atoms with E-state index in [1.807, 2.05) is 0 Å². The number of rotatable bonds is 2. The van der Waals surface area contributed by atoms with Gasteiger partial charge in [0.15, 0.2) is 17.4 Å². The van der Waals surface area contributed by atoms with Gasteiger partial charge < -0.3 is 0 Å². The van der Waals surface area contributed by atoms with Gasteiger partial charge in [-0.25, -0.2) is 0 Å². The third-order valence-electron chi connectivity index (χ3n) is 0.487. The lowest BCUT2D eigenvalue weighted by Gasteiger charge is -1.77. The van der Waals surface area contributed by atoms with Gasteiger partial charge in [0.1, 0.15) is 0 Å². The van der Waals surface area contributed by atoms with Crippen LogP contribution in [0.4, 0.5) is 0 Å². The molecule has 0 saturated carbocycles. The molecule has 38 valence electrons. The second kappa shape index (κ2) is 9.55. The van der Waals surface area contributed by atoms with Gasteiger partial charge >= 0.3 is 0 Å². The second-order valence-electron chi connectivity index (χ2n) is 1.04. The maximum atomic E-state index is 2.39. The number of hydrogen-bond donors (Lipinski definition) is 0. The van der Waals surface area contributed by atoms with Gasteiger partial charge in [-0.05, 0) is 10.8 Å². The molecule has 0 N–H and O–H groups in total. The lowest BCUT2D eigenvalue weighted by molar-refractivity contribution is 0.907. The summed E-state index contributed by atoms with van der Waals surface area (Å²) in [5.74, 6) is 0. The monoisotopic (exact) mass is 214 g/mol. The van der Waals surface area contributed by atoms with Crippen LogP contribution in [-0.2, 0) is 0 Å². The van der Waals surface area contributed by atoms with Crippen molar-refractivity contribution >= 4 is 40.0 Å². The average Bonchev–Trinajstić information content (AvgIpc) is 1.41. The van der Waals surface area contributed by atoms with Crippen molar-refractivity contribution in [1.29, 1.82) is 0 Å². The maximum absolute atomic E-state index is 2.39. The SMILES string of the molecule is CCCCI.[AlH3]. The third kappa shape index (κ3) is 8.98. The Bertz CT molecular complexity index is 15.0. The molecule has 0 nitrogen and oxygen atoms in total. The third-order valence-corrected chi connectivity index (χ3v) is 1.25. The normalized spacial score (nSPS) is 7.00. The molecule has 0 atom stereocenters. The minimum absolute atomic E-state index is 0. The molecule has 0 heterocycles. The zero-order valence-electron chi connectivity index (χ0n) is 3.50. The van der Waals surface area contributed by atoms with E-state index in [1.165, 1.54) is 17.3 Å². The average molecular weight is 214 g/mol. The molecule has 0 unspecified atom stereocenters. The molecular formula is C4H12AlI. The van der Waals surface area contributed by atoms with Gasteiger partial charge in [0, 0.05) is 0 Å². The van der Waals surface area contributed by atoms with Crippen LogP contribution in [0.15, 0.2) is 0 Å². The lowest BCUT2D eigenvalue weighted by atomic mass is 10.4. The Morgan fingerprint density at radius 2 is 2.00 bits per heavy atom. The molecule has 0 aromatic carbocycles. The van der Waals surface area contributed by atoms with Crippen molar-refractivity contribution in [2.45, 2.75) is 19.8 Å². The summed E-state index contributed by atoms with van der Waals surface area (Å²) >= 11 is 2.39. The van der Waals surface area contributed by atoms with E-state index in [0.29, 0.717) is 0 Å². The summed E-state index contributed by atoms with van der Waals surface area (Å²) in [4.78, 5) is 0. The number of hydrogen-bond acceptors (Lipinski definition) is 0. The smallest absolute Gasteiger partial charge is 0.0864 e. The van der Waals surface area contributed by atoms with Crippen molar-refractivity contribution in [2.75, 3.05) is 4.43 Å². The molecule has 0 aromatic rings. The first-order valence-corrected chi connectivity index (χ1v) is 3.50. The first-order valence-electron chi connectivity index (χ1n) is 1.97. The van der Waals surface area contributed by atoms with Crippen LogP contribution in [0.3, 0.4) is 0 Å². The van der Waals surface area contributed by atoms with Gasteiger partial charge in [0.05, 0.1) is 0 Å². The van der Waals surface area contributed by atoms with Crippen LogP contribution in [-0.4, -0.2) is 21.8 Å². The molecule has 0 aliphatic heterocycles. The van der Waals surface area contributed by atoms with E-state index < -0.39 is 0 Å². The fraction of sp³-hybridized carbons (Fsp3) is 1.00. The number of alkyl halides is 1. The molecule has 0 rings (SSSR count). The summed E-state index contributed by atoms with van der Waals surface area (Å²) in [7, 11) is 0. The van der Waals surface area contributed by atoms with Gasteiger partial charge in [-0.2, -0.15) is 0 Å². The molecule has 0 radical (unpaired) electrons. The van der Waals surface area contributed by atoms with Crippen LogP contribution < -0.4 is 0 Å². The first-order chi connectivity index (χ1) is 2.41. The Labute approximate surface area is 64.0 Å². The van der Waals surface area contributed by atoms with E-state index in [4.69, 9.17) is 0 Å². The molecular weight excluding hydrogens is 202 g/mol. The Morgan fingerprint density at radius 3 is 2.00 bits per heavy atom. The zero-order valence-corrected chi connectivity index (χ0v) is 5.66. The fourth-order valence-corrected chi connectivity index (χ4v) is 0.896. The summed E-state index contributed by atoms with van der Waals surface area (Å²) in [6.45, 7) is 2.21. The van der Waals surface area contributed by atoms with Crippen molar-refractivity contribution in [2.24, 2.45) is 0 Å². The van der Waals surface area contributed by atoms with Crippen molar-refractivity contribution < 1.29 is 0 Å². The predicted octanol–water partition coefficient (Wildman–Crippen LogP) is 1.04. The Hall–Kier alpha value is 1.26. The Morgan fingerprint density at radius 1 is 1.50 bits per heavy atom. The highest BCUT2D eigenvalue weighted by Crippen LogP contribution is 1.90. The highest BCUT2D eigenvalue weighted by Gasteiger charge is 1.69. The first kappa shape index (κ1) is 10.3. The Kier molecular flexibility index (Phi) is 16.4. The fourth-order valence-electron chi connectivity index (χ4n) is 0.134. The summed E-state index contributed by atoms with van der Waals surface area (Å²) < 4.78 is 1.31. The van der Waals surface area contributed by atoms with Gasteiger partial charge in [0.25, 0.3) is 0 Å². The summed E-state index contributed by atoms with van der Waals surface area (Å²) in [5, 5.41) is 0. The van der Waals surface area contributed by atoms with E-state index in [-0.39, 0.29) is 17.4 Å². The predicted molar refractivity (Wildman–Crippen MR) is 43.7 cm³/mol. The molecule has 0 aliphatic rings. The largest absolute Gasteiger partial charge is 0.187 e.